The zero-order valence-corrected chi connectivity index (χ0v) is 54.4. The summed E-state index contributed by atoms with van der Waals surface area (Å²) in [6, 6.07) is 0. The Hall–Kier alpha value is -5.30. The van der Waals surface area contributed by atoms with Crippen LogP contribution in [0.15, 0.2) is 0 Å². The number of hydrogen-bond donors (Lipinski definition) is 0. The van der Waals surface area contributed by atoms with E-state index in [1.807, 2.05) is 90.0 Å². The topological polar surface area (TPSA) is 263 Å². The molecule has 0 spiro atoms. The van der Waals surface area contributed by atoms with Gasteiger partial charge in [-0.25, -0.2) is 0 Å². The molecule has 0 radical (unpaired) electrons. The van der Waals surface area contributed by atoms with Gasteiger partial charge in [-0.2, -0.15) is 0 Å². The fraction of sp³-hybridized carbons (Fsp3) is 0.853. The summed E-state index contributed by atoms with van der Waals surface area (Å²) >= 11 is 0. The van der Waals surface area contributed by atoms with Crippen LogP contribution in [0, 0.1) is 87.3 Å². The van der Waals surface area contributed by atoms with E-state index in [2.05, 4.69) is 0 Å². The Kier molecular flexibility index (Phi) is 20.2. The van der Waals surface area contributed by atoms with E-state index in [1.54, 1.807) is 0 Å². The Morgan fingerprint density at radius 3 is 1.40 bits per heavy atom. The number of ether oxygens (including phenoxy) is 10. The van der Waals surface area contributed by atoms with E-state index in [1.165, 1.54) is 0 Å². The molecular weight excluding hydrogens is 1140 g/mol. The monoisotopic (exact) mass is 1240 g/mol. The maximum Gasteiger partial charge on any atom is 0.312 e. The molecule has 0 aromatic rings. The zero-order chi connectivity index (χ0) is 64.1. The third kappa shape index (κ3) is 13.9. The number of hydrogen-bond acceptors (Lipinski definition) is 20. The van der Waals surface area contributed by atoms with E-state index >= 15 is 0 Å². The van der Waals surface area contributed by atoms with Crippen LogP contribution in [0.1, 0.15) is 218 Å². The minimum absolute atomic E-state index is 0.0362. The Morgan fingerprint density at radius 2 is 0.909 bits per heavy atom. The van der Waals surface area contributed by atoms with Crippen LogP contribution in [-0.4, -0.2) is 120 Å². The van der Waals surface area contributed by atoms with Crippen LogP contribution >= 0.6 is 0 Å². The highest BCUT2D eigenvalue weighted by molar-refractivity contribution is 5.81. The SMILES string of the molecule is CCC(C)(C)C(=O)OC12CC3CC(C1)OC(=O)C(C3)C2.CCC(C)(C)C(=O)OC1C2CC3C(=O)OC1C3C2.CCC(C)(C)C(=O)OC1CCC2CC1OC2=O.CCC(C)C(=O)OC1C2CC3C(=O)OC1C3C2.CCC(C)C(=O)OC1CCC2CC1OC2=O. The Balaban J connectivity index is 0.000000131. The van der Waals surface area contributed by atoms with Crippen LogP contribution in [0.5, 0.6) is 0 Å². The first kappa shape index (κ1) is 67.1. The van der Waals surface area contributed by atoms with Gasteiger partial charge in [0, 0.05) is 49.4 Å². The molecule has 6 aliphatic heterocycles. The molecule has 20 nitrogen and oxygen atoms in total. The third-order valence-electron chi connectivity index (χ3n) is 22.9. The van der Waals surface area contributed by atoms with Gasteiger partial charge in [0.15, 0.2) is 0 Å². The van der Waals surface area contributed by atoms with Gasteiger partial charge in [-0.15, -0.1) is 0 Å². The second-order valence-electron chi connectivity index (χ2n) is 30.1. The number of fused-ring (bicyclic) bond motifs is 7. The average Bonchev–Trinajstić information content (AvgIpc) is 1.64. The first-order valence-electron chi connectivity index (χ1n) is 33.5. The predicted octanol–water partition coefficient (Wildman–Crippen LogP) is 10.0. The Labute approximate surface area is 519 Å². The lowest BCUT2D eigenvalue weighted by Crippen LogP contribution is -2.49. The molecular formula is C68H100O20. The van der Waals surface area contributed by atoms with Crippen LogP contribution in [0.3, 0.4) is 0 Å². The van der Waals surface area contributed by atoms with Gasteiger partial charge in [0.2, 0.25) is 0 Å². The fourth-order valence-electron chi connectivity index (χ4n) is 15.5. The largest absolute Gasteiger partial charge is 0.462 e. The lowest BCUT2D eigenvalue weighted by Gasteiger charge is -2.46. The molecule has 6 saturated heterocycles. The Morgan fingerprint density at radius 1 is 0.466 bits per heavy atom. The summed E-state index contributed by atoms with van der Waals surface area (Å²) in [7, 11) is 0. The minimum atomic E-state index is -0.459. The summed E-state index contributed by atoms with van der Waals surface area (Å²) in [6.45, 7) is 25.0. The van der Waals surface area contributed by atoms with E-state index in [4.69, 9.17) is 47.4 Å². The quantitative estimate of drug-likeness (QED) is 0.109. The van der Waals surface area contributed by atoms with Crippen LogP contribution in [0.25, 0.3) is 0 Å². The van der Waals surface area contributed by atoms with Gasteiger partial charge in [-0.05, 0) is 150 Å². The molecule has 20 heteroatoms. The molecule has 14 aliphatic rings. The van der Waals surface area contributed by atoms with Crippen molar-refractivity contribution >= 4 is 59.7 Å². The third-order valence-corrected chi connectivity index (χ3v) is 22.9. The van der Waals surface area contributed by atoms with Gasteiger partial charge in [-0.1, -0.05) is 48.5 Å². The molecule has 88 heavy (non-hydrogen) atoms. The molecule has 6 heterocycles. The number of rotatable bonds is 15. The first-order valence-corrected chi connectivity index (χ1v) is 33.5. The highest BCUT2D eigenvalue weighted by atomic mass is 16.6. The lowest BCUT2D eigenvalue weighted by molar-refractivity contribution is -0.184. The summed E-state index contributed by atoms with van der Waals surface area (Å²) in [6.07, 6.45) is 14.4. The first-order chi connectivity index (χ1) is 41.4. The van der Waals surface area contributed by atoms with Gasteiger partial charge >= 0.3 is 59.7 Å². The second-order valence-corrected chi connectivity index (χ2v) is 30.1. The zero-order valence-electron chi connectivity index (χ0n) is 54.4. The summed E-state index contributed by atoms with van der Waals surface area (Å²) in [5, 5.41) is 0. The van der Waals surface area contributed by atoms with Gasteiger partial charge in [-0.3, -0.25) is 47.9 Å². The number of carbonyl (C=O) groups excluding carboxylic acids is 10. The van der Waals surface area contributed by atoms with Crippen molar-refractivity contribution in [1.29, 1.82) is 0 Å². The van der Waals surface area contributed by atoms with Gasteiger partial charge in [0.25, 0.3) is 0 Å². The van der Waals surface area contributed by atoms with Crippen molar-refractivity contribution < 1.29 is 95.3 Å². The normalized spacial score (nSPS) is 38.2. The van der Waals surface area contributed by atoms with E-state index in [9.17, 15) is 47.9 Å². The lowest BCUT2D eigenvalue weighted by atomic mass is 9.65. The summed E-state index contributed by atoms with van der Waals surface area (Å²) < 4.78 is 54.8. The van der Waals surface area contributed by atoms with Crippen molar-refractivity contribution in [3.8, 4) is 0 Å². The van der Waals surface area contributed by atoms with Crippen molar-refractivity contribution in [2.75, 3.05) is 0 Å². The van der Waals surface area contributed by atoms with Crippen LogP contribution in [-0.2, 0) is 95.3 Å². The average molecular weight is 1240 g/mol. The number of carbonyl (C=O) groups is 10. The molecule has 8 aliphatic carbocycles. The summed E-state index contributed by atoms with van der Waals surface area (Å²) in [5.74, 6) is 0.490. The van der Waals surface area contributed by atoms with Crippen molar-refractivity contribution in [2.24, 2.45) is 87.3 Å². The van der Waals surface area contributed by atoms with Crippen LogP contribution < -0.4 is 0 Å². The summed E-state index contributed by atoms with van der Waals surface area (Å²) in [4.78, 5) is 118. The highest BCUT2D eigenvalue weighted by Gasteiger charge is 2.65. The second kappa shape index (κ2) is 26.5. The molecule has 0 amide bonds. The molecule has 0 N–H and O–H groups in total. The highest BCUT2D eigenvalue weighted by Crippen LogP contribution is 2.57. The van der Waals surface area contributed by atoms with Gasteiger partial charge < -0.3 is 47.4 Å². The van der Waals surface area contributed by atoms with Crippen LogP contribution in [0.2, 0.25) is 0 Å². The number of esters is 10. The van der Waals surface area contributed by atoms with Crippen molar-refractivity contribution in [3.05, 3.63) is 0 Å². The molecule has 14 rings (SSSR count). The van der Waals surface area contributed by atoms with Crippen molar-refractivity contribution in [3.63, 3.8) is 0 Å². The predicted molar refractivity (Wildman–Crippen MR) is 313 cm³/mol. The van der Waals surface area contributed by atoms with E-state index in [-0.39, 0.29) is 156 Å². The summed E-state index contributed by atoms with van der Waals surface area (Å²) in [5.41, 5.74) is -1.82. The Bertz CT molecular complexity index is 2660. The molecule has 22 atom stereocenters. The van der Waals surface area contributed by atoms with Gasteiger partial charge in [0.1, 0.15) is 60.5 Å². The van der Waals surface area contributed by atoms with Crippen molar-refractivity contribution in [2.45, 2.75) is 279 Å². The maximum absolute atomic E-state index is 12.4. The minimum Gasteiger partial charge on any atom is -0.462 e. The van der Waals surface area contributed by atoms with Crippen molar-refractivity contribution in [1.82, 2.24) is 0 Å². The van der Waals surface area contributed by atoms with E-state index in [0.29, 0.717) is 48.9 Å². The fourth-order valence-corrected chi connectivity index (χ4v) is 15.5. The molecule has 12 bridgehead atoms. The molecule has 0 aromatic carbocycles. The molecule has 22 unspecified atom stereocenters. The molecule has 492 valence electrons. The molecule has 0 aromatic heterocycles. The van der Waals surface area contributed by atoms with E-state index < -0.39 is 21.8 Å². The molecule has 14 fully saturated rings. The van der Waals surface area contributed by atoms with Crippen LogP contribution in [0.4, 0.5) is 0 Å². The molecule has 8 saturated carbocycles. The standard InChI is InChI=1S/C16H24O4.C14H20O4.C13H18O4.C13H20O4.C12H18O4/c1-4-15(2,3)14(18)20-16-7-10-5-11(8-16)13(17)19-12(6-10)9-16;1-4-14(2,3)13(16)18-10-7-5-8-9(6-7)12(15)17-11(8)10;1-3-6(2)12(14)16-10-7-4-8-9(5-7)13(15)17-11(8)10;1-4-13(2,3)12(15)17-9-6-5-8-7-10(9)16-11(8)14;1-3-7(2)11(13)15-9-5-4-8-6-10(9)16-12(8)14/h10-12H,4-9H2,1-3H3;7-11H,4-6H2,1-3H3;6-11H,3-5H2,1-2H3;8-10H,4-7H2,1-3H3;7-10H,3-6H2,1-2H3. The van der Waals surface area contributed by atoms with Gasteiger partial charge in [0.05, 0.1) is 57.7 Å². The smallest absolute Gasteiger partial charge is 0.312 e. The maximum atomic E-state index is 12.4. The van der Waals surface area contributed by atoms with E-state index in [0.717, 1.165) is 109 Å².